The predicted octanol–water partition coefficient (Wildman–Crippen LogP) is 3.60. The summed E-state index contributed by atoms with van der Waals surface area (Å²) in [5, 5.41) is 9.03. The average molecular weight is 464 g/mol. The molecule has 0 unspecified atom stereocenters. The van der Waals surface area contributed by atoms with E-state index in [4.69, 9.17) is 10.1 Å². The summed E-state index contributed by atoms with van der Waals surface area (Å²) in [6.45, 7) is 3.01. The summed E-state index contributed by atoms with van der Waals surface area (Å²) >= 11 is 3.41. The molecular formula is C21H18BrN7O. The quantitative estimate of drug-likeness (QED) is 0.431. The van der Waals surface area contributed by atoms with Crippen LogP contribution in [0.15, 0.2) is 70.2 Å². The van der Waals surface area contributed by atoms with Crippen molar-refractivity contribution in [1.82, 2.24) is 34.1 Å². The first-order valence-electron chi connectivity index (χ1n) is 9.54. The van der Waals surface area contributed by atoms with Crippen molar-refractivity contribution >= 4 is 27.0 Å². The molecule has 0 saturated heterocycles. The molecule has 3 aromatic heterocycles. The molecule has 5 aromatic rings. The molecule has 9 heteroatoms. The number of hydrogen-bond acceptors (Lipinski definition) is 4. The molecule has 3 heterocycles. The monoisotopic (exact) mass is 463 g/mol. The zero-order valence-corrected chi connectivity index (χ0v) is 17.7. The minimum Gasteiger partial charge on any atom is -0.306 e. The van der Waals surface area contributed by atoms with E-state index in [-0.39, 0.29) is 5.69 Å². The van der Waals surface area contributed by atoms with E-state index in [2.05, 4.69) is 26.0 Å². The average Bonchev–Trinajstić information content (AvgIpc) is 3.44. The van der Waals surface area contributed by atoms with Gasteiger partial charge in [0.2, 0.25) is 0 Å². The number of H-pyrrole nitrogens is 1. The number of rotatable bonds is 5. The van der Waals surface area contributed by atoms with Crippen molar-refractivity contribution in [1.29, 1.82) is 0 Å². The van der Waals surface area contributed by atoms with E-state index in [1.807, 2.05) is 66.3 Å². The Hall–Kier alpha value is -3.46. The number of aromatic amines is 1. The molecule has 0 fully saturated rings. The molecule has 30 heavy (non-hydrogen) atoms. The molecule has 0 bridgehead atoms. The van der Waals surface area contributed by atoms with Gasteiger partial charge >= 0.3 is 5.69 Å². The number of benzene rings is 2. The second-order valence-electron chi connectivity index (χ2n) is 6.86. The Morgan fingerprint density at radius 2 is 1.97 bits per heavy atom. The van der Waals surface area contributed by atoms with Gasteiger partial charge in [-0.15, -0.1) is 5.10 Å². The van der Waals surface area contributed by atoms with Crippen LogP contribution in [0.2, 0.25) is 0 Å². The smallest absolute Gasteiger partial charge is 0.306 e. The summed E-state index contributed by atoms with van der Waals surface area (Å²) in [5.41, 5.74) is 3.32. The molecule has 5 rings (SSSR count). The number of aryl methyl sites for hydroxylation is 1. The Kier molecular flexibility index (Phi) is 4.59. The molecule has 0 atom stereocenters. The Balaban J connectivity index is 1.64. The van der Waals surface area contributed by atoms with Crippen LogP contribution in [0, 0.1) is 0 Å². The lowest BCUT2D eigenvalue weighted by molar-refractivity contribution is 0.651. The first-order chi connectivity index (χ1) is 14.6. The van der Waals surface area contributed by atoms with Gasteiger partial charge in [-0.25, -0.2) is 14.5 Å². The zero-order chi connectivity index (χ0) is 20.7. The Morgan fingerprint density at radius 1 is 1.13 bits per heavy atom. The van der Waals surface area contributed by atoms with Gasteiger partial charge in [-0.2, -0.15) is 5.10 Å². The number of para-hydroxylation sites is 1. The third-order valence-corrected chi connectivity index (χ3v) is 5.31. The number of nitrogens with zero attached hydrogens (tertiary/aromatic N) is 6. The van der Waals surface area contributed by atoms with E-state index in [9.17, 15) is 4.79 Å². The summed E-state index contributed by atoms with van der Waals surface area (Å²) in [7, 11) is 0. The third kappa shape index (κ3) is 3.26. The van der Waals surface area contributed by atoms with Gasteiger partial charge in [-0.1, -0.05) is 18.2 Å². The van der Waals surface area contributed by atoms with E-state index in [1.54, 1.807) is 15.4 Å². The third-order valence-electron chi connectivity index (χ3n) is 4.91. The van der Waals surface area contributed by atoms with Crippen LogP contribution in [0.1, 0.15) is 12.7 Å². The van der Waals surface area contributed by atoms with Gasteiger partial charge in [0.25, 0.3) is 0 Å². The molecule has 0 amide bonds. The molecule has 0 aliphatic heterocycles. The SMILES string of the molecule is CCn1c(=O)[nH]c2cc(-c3nc(Cn4cc(Br)cn4)nn3-c3ccccc3)ccc21. The van der Waals surface area contributed by atoms with Crippen LogP contribution < -0.4 is 5.69 Å². The van der Waals surface area contributed by atoms with E-state index in [0.717, 1.165) is 26.8 Å². The molecule has 2 aromatic carbocycles. The Labute approximate surface area is 179 Å². The number of nitrogens with one attached hydrogen (secondary N) is 1. The molecule has 0 saturated carbocycles. The van der Waals surface area contributed by atoms with Crippen molar-refractivity contribution in [3.8, 4) is 17.1 Å². The van der Waals surface area contributed by atoms with Gasteiger partial charge in [0.05, 0.1) is 27.4 Å². The highest BCUT2D eigenvalue weighted by Gasteiger charge is 2.16. The van der Waals surface area contributed by atoms with Crippen LogP contribution in [0.3, 0.4) is 0 Å². The lowest BCUT2D eigenvalue weighted by Crippen LogP contribution is -2.14. The number of imidazole rings is 1. The van der Waals surface area contributed by atoms with Crippen molar-refractivity contribution in [2.75, 3.05) is 0 Å². The van der Waals surface area contributed by atoms with Crippen molar-refractivity contribution in [2.24, 2.45) is 0 Å². The molecule has 1 N–H and O–H groups in total. The normalized spacial score (nSPS) is 11.4. The highest BCUT2D eigenvalue weighted by Crippen LogP contribution is 2.25. The van der Waals surface area contributed by atoms with E-state index < -0.39 is 0 Å². The van der Waals surface area contributed by atoms with Crippen LogP contribution in [0.5, 0.6) is 0 Å². The van der Waals surface area contributed by atoms with Gasteiger partial charge in [0.15, 0.2) is 11.6 Å². The fourth-order valence-electron chi connectivity index (χ4n) is 3.54. The van der Waals surface area contributed by atoms with Crippen LogP contribution in [0.4, 0.5) is 0 Å². The maximum Gasteiger partial charge on any atom is 0.326 e. The Morgan fingerprint density at radius 3 is 2.70 bits per heavy atom. The summed E-state index contributed by atoms with van der Waals surface area (Å²) in [5.74, 6) is 1.35. The first kappa shape index (κ1) is 18.6. The van der Waals surface area contributed by atoms with Gasteiger partial charge < -0.3 is 4.98 Å². The van der Waals surface area contributed by atoms with Crippen LogP contribution >= 0.6 is 15.9 Å². The summed E-state index contributed by atoms with van der Waals surface area (Å²) in [6.07, 6.45) is 3.62. The van der Waals surface area contributed by atoms with Gasteiger partial charge in [0.1, 0.15) is 6.54 Å². The maximum atomic E-state index is 12.2. The topological polar surface area (TPSA) is 86.3 Å². The second kappa shape index (κ2) is 7.42. The summed E-state index contributed by atoms with van der Waals surface area (Å²) in [4.78, 5) is 19.9. The summed E-state index contributed by atoms with van der Waals surface area (Å²) < 4.78 is 6.21. The lowest BCUT2D eigenvalue weighted by atomic mass is 10.2. The van der Waals surface area contributed by atoms with Crippen molar-refractivity contribution in [2.45, 2.75) is 20.0 Å². The minimum absolute atomic E-state index is 0.112. The van der Waals surface area contributed by atoms with Crippen LogP contribution in [-0.4, -0.2) is 34.1 Å². The standard InChI is InChI=1S/C21H18BrN7O/c1-2-28-18-9-8-14(10-17(18)24-21(28)30)20-25-19(13-27-12-15(22)11-23-27)26-29(20)16-6-4-3-5-7-16/h3-12H,2,13H2,1H3,(H,24,30). The second-order valence-corrected chi connectivity index (χ2v) is 7.78. The number of fused-ring (bicyclic) bond motifs is 1. The van der Waals surface area contributed by atoms with Crippen LogP contribution in [-0.2, 0) is 13.1 Å². The zero-order valence-electron chi connectivity index (χ0n) is 16.2. The summed E-state index contributed by atoms with van der Waals surface area (Å²) in [6, 6.07) is 15.7. The van der Waals surface area contributed by atoms with Gasteiger partial charge in [0, 0.05) is 18.3 Å². The van der Waals surface area contributed by atoms with E-state index >= 15 is 0 Å². The first-order valence-corrected chi connectivity index (χ1v) is 10.3. The molecule has 0 spiro atoms. The van der Waals surface area contributed by atoms with Crippen molar-refractivity contribution < 1.29 is 0 Å². The van der Waals surface area contributed by atoms with Crippen molar-refractivity contribution in [3.63, 3.8) is 0 Å². The highest BCUT2D eigenvalue weighted by atomic mass is 79.9. The molecule has 0 aliphatic rings. The van der Waals surface area contributed by atoms with Crippen LogP contribution in [0.25, 0.3) is 28.1 Å². The predicted molar refractivity (Wildman–Crippen MR) is 118 cm³/mol. The van der Waals surface area contributed by atoms with Gasteiger partial charge in [-0.05, 0) is 53.2 Å². The molecule has 0 radical (unpaired) electrons. The Bertz CT molecular complexity index is 1390. The fraction of sp³-hybridized carbons (Fsp3) is 0.143. The minimum atomic E-state index is -0.112. The largest absolute Gasteiger partial charge is 0.326 e. The van der Waals surface area contributed by atoms with E-state index in [1.165, 1.54) is 0 Å². The lowest BCUT2D eigenvalue weighted by Gasteiger charge is -2.06. The number of hydrogen-bond donors (Lipinski definition) is 1. The molecule has 150 valence electrons. The highest BCUT2D eigenvalue weighted by molar-refractivity contribution is 9.10. The van der Waals surface area contributed by atoms with Gasteiger partial charge in [-0.3, -0.25) is 9.25 Å². The van der Waals surface area contributed by atoms with E-state index in [0.29, 0.717) is 24.7 Å². The molecule has 8 nitrogen and oxygen atoms in total. The molecular weight excluding hydrogens is 446 g/mol. The van der Waals surface area contributed by atoms with Crippen molar-refractivity contribution in [3.05, 3.63) is 81.7 Å². The number of aromatic nitrogens is 7. The fourth-order valence-corrected chi connectivity index (χ4v) is 3.87. The maximum absolute atomic E-state index is 12.2. The molecule has 0 aliphatic carbocycles. The number of halogens is 1.